The second-order valence-electron chi connectivity index (χ2n) is 2.76. The van der Waals surface area contributed by atoms with Gasteiger partial charge in [-0.1, -0.05) is 13.0 Å². The van der Waals surface area contributed by atoms with Crippen LogP contribution in [0.1, 0.15) is 29.9 Å². The summed E-state index contributed by atoms with van der Waals surface area (Å²) in [5, 5.41) is 4.81. The summed E-state index contributed by atoms with van der Waals surface area (Å²) < 4.78 is 0. The lowest BCUT2D eigenvalue weighted by atomic mass is 10.2. The zero-order chi connectivity index (χ0) is 8.97. The maximum Gasteiger partial charge on any atom is 0.261 e. The molecule has 1 heterocycles. The molecular formula is C9H13NOS. The molecule has 0 aliphatic rings. The van der Waals surface area contributed by atoms with E-state index in [1.165, 1.54) is 11.3 Å². The molecule has 0 radical (unpaired) electrons. The lowest BCUT2D eigenvalue weighted by Gasteiger charge is -2.09. The van der Waals surface area contributed by atoms with Gasteiger partial charge in [0.05, 0.1) is 4.88 Å². The Hall–Kier alpha value is -0.830. The van der Waals surface area contributed by atoms with Gasteiger partial charge in [0.15, 0.2) is 0 Å². The monoisotopic (exact) mass is 183 g/mol. The molecule has 2 nitrogen and oxygen atoms in total. The third-order valence-electron chi connectivity index (χ3n) is 1.73. The number of nitrogens with one attached hydrogen (secondary N) is 1. The summed E-state index contributed by atoms with van der Waals surface area (Å²) in [6.45, 7) is 4.06. The lowest BCUT2D eigenvalue weighted by Crippen LogP contribution is -2.31. The van der Waals surface area contributed by atoms with Crippen LogP contribution < -0.4 is 5.32 Å². The Balaban J connectivity index is 2.50. The van der Waals surface area contributed by atoms with Crippen molar-refractivity contribution in [3.8, 4) is 0 Å². The van der Waals surface area contributed by atoms with Crippen molar-refractivity contribution in [1.29, 1.82) is 0 Å². The average Bonchev–Trinajstić information content (AvgIpc) is 2.56. The SMILES string of the molecule is CCC(C)NC(=O)c1cccs1. The topological polar surface area (TPSA) is 29.1 Å². The molecule has 0 saturated heterocycles. The molecular weight excluding hydrogens is 170 g/mol. The molecule has 12 heavy (non-hydrogen) atoms. The minimum Gasteiger partial charge on any atom is -0.349 e. The highest BCUT2D eigenvalue weighted by molar-refractivity contribution is 7.12. The molecule has 0 aliphatic heterocycles. The van der Waals surface area contributed by atoms with Crippen molar-refractivity contribution in [2.24, 2.45) is 0 Å². The van der Waals surface area contributed by atoms with Gasteiger partial charge in [0.1, 0.15) is 0 Å². The summed E-state index contributed by atoms with van der Waals surface area (Å²) in [4.78, 5) is 12.2. The standard InChI is InChI=1S/C9H13NOS/c1-3-7(2)10-9(11)8-5-4-6-12-8/h4-7H,3H2,1-2H3,(H,10,11). The normalized spacial score (nSPS) is 12.5. The summed E-state index contributed by atoms with van der Waals surface area (Å²) in [5.41, 5.74) is 0. The van der Waals surface area contributed by atoms with Crippen molar-refractivity contribution in [2.75, 3.05) is 0 Å². The van der Waals surface area contributed by atoms with Crippen molar-refractivity contribution in [3.05, 3.63) is 22.4 Å². The van der Waals surface area contributed by atoms with E-state index >= 15 is 0 Å². The molecule has 1 aromatic rings. The van der Waals surface area contributed by atoms with Gasteiger partial charge in [-0.2, -0.15) is 0 Å². The zero-order valence-electron chi connectivity index (χ0n) is 7.33. The predicted molar refractivity (Wildman–Crippen MR) is 51.5 cm³/mol. The number of hydrogen-bond donors (Lipinski definition) is 1. The zero-order valence-corrected chi connectivity index (χ0v) is 8.15. The van der Waals surface area contributed by atoms with Gasteiger partial charge in [-0.15, -0.1) is 11.3 Å². The van der Waals surface area contributed by atoms with Crippen LogP contribution in [0, 0.1) is 0 Å². The highest BCUT2D eigenvalue weighted by atomic mass is 32.1. The van der Waals surface area contributed by atoms with Crippen molar-refractivity contribution in [3.63, 3.8) is 0 Å². The molecule has 66 valence electrons. The van der Waals surface area contributed by atoms with E-state index in [0.29, 0.717) is 0 Å². The Morgan fingerprint density at radius 3 is 3.00 bits per heavy atom. The number of carbonyl (C=O) groups excluding carboxylic acids is 1. The predicted octanol–water partition coefficient (Wildman–Crippen LogP) is 2.28. The van der Waals surface area contributed by atoms with Gasteiger partial charge in [-0.25, -0.2) is 0 Å². The number of carbonyl (C=O) groups is 1. The van der Waals surface area contributed by atoms with Crippen LogP contribution in [0.25, 0.3) is 0 Å². The van der Waals surface area contributed by atoms with Gasteiger partial charge in [0.2, 0.25) is 0 Å². The fourth-order valence-corrected chi connectivity index (χ4v) is 1.43. The molecule has 0 spiro atoms. The Morgan fingerprint density at radius 1 is 1.75 bits per heavy atom. The third-order valence-corrected chi connectivity index (χ3v) is 2.60. The minimum atomic E-state index is 0.0411. The Kier molecular flexibility index (Phi) is 3.29. The van der Waals surface area contributed by atoms with Gasteiger partial charge in [0.25, 0.3) is 5.91 Å². The van der Waals surface area contributed by atoms with Crippen LogP contribution in [0.5, 0.6) is 0 Å². The average molecular weight is 183 g/mol. The second kappa shape index (κ2) is 4.26. The fourth-order valence-electron chi connectivity index (χ4n) is 0.805. The van der Waals surface area contributed by atoms with Crippen molar-refractivity contribution < 1.29 is 4.79 Å². The first kappa shape index (κ1) is 9.26. The first-order chi connectivity index (χ1) is 5.74. The van der Waals surface area contributed by atoms with Crippen LogP contribution in [0.3, 0.4) is 0 Å². The van der Waals surface area contributed by atoms with Crippen molar-refractivity contribution >= 4 is 17.2 Å². The molecule has 0 aliphatic carbocycles. The molecule has 1 atom stereocenters. The number of thiophene rings is 1. The van der Waals surface area contributed by atoms with Gasteiger partial charge >= 0.3 is 0 Å². The number of rotatable bonds is 3. The molecule has 1 rings (SSSR count). The minimum absolute atomic E-state index is 0.0411. The molecule has 1 N–H and O–H groups in total. The molecule has 1 aromatic heterocycles. The van der Waals surface area contributed by atoms with E-state index in [4.69, 9.17) is 0 Å². The summed E-state index contributed by atoms with van der Waals surface area (Å²) in [7, 11) is 0. The first-order valence-electron chi connectivity index (χ1n) is 4.08. The van der Waals surface area contributed by atoms with Crippen LogP contribution in [0.2, 0.25) is 0 Å². The third kappa shape index (κ3) is 2.34. The summed E-state index contributed by atoms with van der Waals surface area (Å²) in [6.07, 6.45) is 0.969. The van der Waals surface area contributed by atoms with E-state index < -0.39 is 0 Å². The second-order valence-corrected chi connectivity index (χ2v) is 3.71. The van der Waals surface area contributed by atoms with Crippen LogP contribution >= 0.6 is 11.3 Å². The van der Waals surface area contributed by atoms with E-state index in [2.05, 4.69) is 12.2 Å². The highest BCUT2D eigenvalue weighted by Crippen LogP contribution is 2.08. The van der Waals surface area contributed by atoms with Crippen LogP contribution in [-0.2, 0) is 0 Å². The van der Waals surface area contributed by atoms with Gasteiger partial charge < -0.3 is 5.32 Å². The Labute approximate surface area is 76.6 Å². The molecule has 0 aromatic carbocycles. The molecule has 0 bridgehead atoms. The van der Waals surface area contributed by atoms with Crippen LogP contribution in [0.15, 0.2) is 17.5 Å². The largest absolute Gasteiger partial charge is 0.349 e. The van der Waals surface area contributed by atoms with Gasteiger partial charge in [-0.3, -0.25) is 4.79 Å². The van der Waals surface area contributed by atoms with Gasteiger partial charge in [-0.05, 0) is 24.8 Å². The van der Waals surface area contributed by atoms with Crippen molar-refractivity contribution in [1.82, 2.24) is 5.32 Å². The van der Waals surface area contributed by atoms with E-state index in [1.54, 1.807) is 0 Å². The Morgan fingerprint density at radius 2 is 2.50 bits per heavy atom. The summed E-state index contributed by atoms with van der Waals surface area (Å²) in [5.74, 6) is 0.0411. The van der Waals surface area contributed by atoms with Gasteiger partial charge in [0, 0.05) is 6.04 Å². The number of hydrogen-bond acceptors (Lipinski definition) is 2. The van der Waals surface area contributed by atoms with Crippen molar-refractivity contribution in [2.45, 2.75) is 26.3 Å². The molecule has 0 saturated carbocycles. The molecule has 1 amide bonds. The van der Waals surface area contributed by atoms with E-state index in [1.807, 2.05) is 24.4 Å². The molecule has 3 heteroatoms. The van der Waals surface area contributed by atoms with Crippen LogP contribution in [-0.4, -0.2) is 11.9 Å². The lowest BCUT2D eigenvalue weighted by molar-refractivity contribution is 0.0943. The van der Waals surface area contributed by atoms with E-state index in [-0.39, 0.29) is 11.9 Å². The first-order valence-corrected chi connectivity index (χ1v) is 4.96. The maximum absolute atomic E-state index is 11.4. The highest BCUT2D eigenvalue weighted by Gasteiger charge is 2.07. The summed E-state index contributed by atoms with van der Waals surface area (Å²) in [6, 6.07) is 3.98. The summed E-state index contributed by atoms with van der Waals surface area (Å²) >= 11 is 1.47. The molecule has 0 fully saturated rings. The van der Waals surface area contributed by atoms with E-state index in [9.17, 15) is 4.79 Å². The van der Waals surface area contributed by atoms with E-state index in [0.717, 1.165) is 11.3 Å². The van der Waals surface area contributed by atoms with Crippen LogP contribution in [0.4, 0.5) is 0 Å². The fraction of sp³-hybridized carbons (Fsp3) is 0.444. The smallest absolute Gasteiger partial charge is 0.261 e. The molecule has 1 unspecified atom stereocenters. The quantitative estimate of drug-likeness (QED) is 0.765. The maximum atomic E-state index is 11.4. The Bertz CT molecular complexity index is 243. The number of amides is 1.